The fourth-order valence-corrected chi connectivity index (χ4v) is 5.45. The molecule has 0 spiro atoms. The standard InChI is InChI=1S/C25H28N6OS/c1-2-21(32)30-12-6-9-19(14-30)31-25-22(24(26)27-16-28-25)23(29-31)18-13-20(33-15-18)11-10-17-7-4-3-5-8-17/h2-5,7-8,13,15-16,19,21,32H,1,6,9-12,14H2,(H2,26,27,28)/t19-,21?/m1/s1. The van der Waals surface area contributed by atoms with Crippen molar-refractivity contribution in [1.29, 1.82) is 0 Å². The largest absolute Gasteiger partial charge is 0.383 e. The first-order valence-electron chi connectivity index (χ1n) is 11.3. The lowest BCUT2D eigenvalue weighted by Gasteiger charge is -2.34. The van der Waals surface area contributed by atoms with E-state index in [4.69, 9.17) is 10.8 Å². The van der Waals surface area contributed by atoms with Gasteiger partial charge in [0.15, 0.2) is 5.65 Å². The molecule has 0 radical (unpaired) electrons. The number of nitrogen functional groups attached to an aromatic ring is 1. The van der Waals surface area contributed by atoms with Gasteiger partial charge in [0.25, 0.3) is 0 Å². The van der Waals surface area contributed by atoms with Gasteiger partial charge in [-0.05, 0) is 43.4 Å². The number of likely N-dealkylation sites (tertiary alicyclic amines) is 1. The third-order valence-corrected chi connectivity index (χ3v) is 7.30. The number of thiophene rings is 1. The molecule has 33 heavy (non-hydrogen) atoms. The smallest absolute Gasteiger partial charge is 0.164 e. The summed E-state index contributed by atoms with van der Waals surface area (Å²) < 4.78 is 1.98. The number of aliphatic hydroxyl groups excluding tert-OH is 1. The van der Waals surface area contributed by atoms with Crippen molar-refractivity contribution < 1.29 is 5.11 Å². The summed E-state index contributed by atoms with van der Waals surface area (Å²) in [6.45, 7) is 5.24. The summed E-state index contributed by atoms with van der Waals surface area (Å²) in [6.07, 6.45) is 6.33. The van der Waals surface area contributed by atoms with Gasteiger partial charge >= 0.3 is 0 Å². The maximum atomic E-state index is 10.3. The Labute approximate surface area is 197 Å². The van der Waals surface area contributed by atoms with Crippen LogP contribution in [0.1, 0.15) is 29.3 Å². The summed E-state index contributed by atoms with van der Waals surface area (Å²) in [5, 5.41) is 18.2. The number of nitrogens with zero attached hydrogens (tertiary/aromatic N) is 5. The third-order valence-electron chi connectivity index (χ3n) is 6.31. The van der Waals surface area contributed by atoms with Crippen LogP contribution < -0.4 is 5.73 Å². The topological polar surface area (TPSA) is 93.1 Å². The number of hydrogen-bond acceptors (Lipinski definition) is 7. The molecule has 7 nitrogen and oxygen atoms in total. The summed E-state index contributed by atoms with van der Waals surface area (Å²) in [5.74, 6) is 0.442. The second kappa shape index (κ2) is 9.43. The Kier molecular flexibility index (Phi) is 6.22. The van der Waals surface area contributed by atoms with Crippen molar-refractivity contribution in [2.45, 2.75) is 38.0 Å². The van der Waals surface area contributed by atoms with Gasteiger partial charge in [-0.15, -0.1) is 11.3 Å². The van der Waals surface area contributed by atoms with E-state index >= 15 is 0 Å². The van der Waals surface area contributed by atoms with Crippen molar-refractivity contribution >= 4 is 28.2 Å². The minimum absolute atomic E-state index is 0.0927. The van der Waals surface area contributed by atoms with Gasteiger partial charge in [0.1, 0.15) is 24.1 Å². The second-order valence-electron chi connectivity index (χ2n) is 8.48. The SMILES string of the molecule is C=CC(O)N1CCC[C@@H](n2nc(-c3csc(CCc4ccccc4)c3)c3c(N)ncnc32)C1. The van der Waals surface area contributed by atoms with Gasteiger partial charge in [-0.2, -0.15) is 5.10 Å². The van der Waals surface area contributed by atoms with E-state index in [1.807, 2.05) is 15.6 Å². The first-order chi connectivity index (χ1) is 16.1. The van der Waals surface area contributed by atoms with Gasteiger partial charge < -0.3 is 10.8 Å². The number of aliphatic hydroxyl groups is 1. The van der Waals surface area contributed by atoms with Crippen LogP contribution in [0.4, 0.5) is 5.82 Å². The molecule has 1 aliphatic rings. The van der Waals surface area contributed by atoms with Crippen molar-refractivity contribution in [2.24, 2.45) is 0 Å². The molecule has 0 amide bonds. The highest BCUT2D eigenvalue weighted by Gasteiger charge is 2.28. The molecule has 0 aliphatic carbocycles. The van der Waals surface area contributed by atoms with Gasteiger partial charge in [-0.25, -0.2) is 14.6 Å². The Balaban J connectivity index is 1.46. The van der Waals surface area contributed by atoms with Gasteiger partial charge in [-0.3, -0.25) is 4.90 Å². The fraction of sp³-hybridized carbons (Fsp3) is 0.320. The average molecular weight is 461 g/mol. The molecule has 0 bridgehead atoms. The Morgan fingerprint density at radius 2 is 2.09 bits per heavy atom. The number of anilines is 1. The van der Waals surface area contributed by atoms with E-state index in [9.17, 15) is 5.11 Å². The molecule has 8 heteroatoms. The van der Waals surface area contributed by atoms with Gasteiger partial charge in [0, 0.05) is 28.9 Å². The van der Waals surface area contributed by atoms with Crippen molar-refractivity contribution in [3.05, 3.63) is 71.2 Å². The number of rotatable bonds is 7. The van der Waals surface area contributed by atoms with Crippen molar-refractivity contribution in [3.63, 3.8) is 0 Å². The Bertz CT molecular complexity index is 1250. The number of aromatic nitrogens is 4. The van der Waals surface area contributed by atoms with Crippen molar-refractivity contribution in [3.8, 4) is 11.3 Å². The molecule has 1 aliphatic heterocycles. The monoisotopic (exact) mass is 460 g/mol. The number of aryl methyl sites for hydroxylation is 2. The molecule has 5 rings (SSSR count). The minimum Gasteiger partial charge on any atom is -0.383 e. The lowest BCUT2D eigenvalue weighted by Crippen LogP contribution is -2.42. The highest BCUT2D eigenvalue weighted by atomic mass is 32.1. The van der Waals surface area contributed by atoms with Crippen LogP contribution in [0.15, 0.2) is 60.8 Å². The number of nitrogens with two attached hydrogens (primary N) is 1. The molecule has 1 aromatic carbocycles. The van der Waals surface area contributed by atoms with Crippen LogP contribution in [-0.2, 0) is 12.8 Å². The third kappa shape index (κ3) is 4.42. The molecule has 170 valence electrons. The van der Waals surface area contributed by atoms with Gasteiger partial charge in [0.2, 0.25) is 0 Å². The maximum absolute atomic E-state index is 10.3. The first kappa shape index (κ1) is 21.8. The summed E-state index contributed by atoms with van der Waals surface area (Å²) >= 11 is 1.75. The van der Waals surface area contributed by atoms with Gasteiger partial charge in [-0.1, -0.05) is 36.9 Å². The molecule has 1 saturated heterocycles. The highest BCUT2D eigenvalue weighted by molar-refractivity contribution is 7.10. The lowest BCUT2D eigenvalue weighted by molar-refractivity contribution is 0.0127. The summed E-state index contributed by atoms with van der Waals surface area (Å²) in [6, 6.07) is 12.8. The average Bonchev–Trinajstić information content (AvgIpc) is 3.48. The lowest BCUT2D eigenvalue weighted by atomic mass is 10.1. The maximum Gasteiger partial charge on any atom is 0.164 e. The van der Waals surface area contributed by atoms with E-state index in [0.29, 0.717) is 12.4 Å². The Morgan fingerprint density at radius 1 is 1.24 bits per heavy atom. The second-order valence-corrected chi connectivity index (χ2v) is 9.47. The molecule has 4 heterocycles. The quantitative estimate of drug-likeness (QED) is 0.404. The Morgan fingerprint density at radius 3 is 2.91 bits per heavy atom. The van der Waals surface area contributed by atoms with E-state index in [0.717, 1.165) is 54.5 Å². The van der Waals surface area contributed by atoms with Crippen molar-refractivity contribution in [1.82, 2.24) is 24.6 Å². The predicted octanol–water partition coefficient (Wildman–Crippen LogP) is 4.06. The van der Waals surface area contributed by atoms with E-state index in [-0.39, 0.29) is 6.04 Å². The number of hydrogen-bond donors (Lipinski definition) is 2. The predicted molar refractivity (Wildman–Crippen MR) is 133 cm³/mol. The molecule has 0 saturated carbocycles. The van der Waals surface area contributed by atoms with Crippen LogP contribution >= 0.6 is 11.3 Å². The molecule has 2 atom stereocenters. The van der Waals surface area contributed by atoms with E-state index in [2.05, 4.69) is 52.3 Å². The zero-order valence-electron chi connectivity index (χ0n) is 18.5. The highest BCUT2D eigenvalue weighted by Crippen LogP contribution is 2.36. The van der Waals surface area contributed by atoms with Crippen LogP contribution in [0, 0.1) is 0 Å². The summed E-state index contributed by atoms with van der Waals surface area (Å²) in [7, 11) is 0. The zero-order valence-corrected chi connectivity index (χ0v) is 19.3. The molecule has 3 aromatic heterocycles. The van der Waals surface area contributed by atoms with Crippen LogP contribution in [-0.4, -0.2) is 49.1 Å². The fourth-order valence-electron chi connectivity index (χ4n) is 4.57. The normalized spacial score (nSPS) is 17.9. The molecule has 1 fully saturated rings. The van der Waals surface area contributed by atoms with E-state index < -0.39 is 6.23 Å². The Hall–Kier alpha value is -3.07. The van der Waals surface area contributed by atoms with Crippen LogP contribution in [0.2, 0.25) is 0 Å². The summed E-state index contributed by atoms with van der Waals surface area (Å²) in [4.78, 5) is 12.1. The van der Waals surface area contributed by atoms with Crippen LogP contribution in [0.5, 0.6) is 0 Å². The molecule has 4 aromatic rings. The molecule has 1 unspecified atom stereocenters. The molecule has 3 N–H and O–H groups in total. The molecular weight excluding hydrogens is 432 g/mol. The van der Waals surface area contributed by atoms with Crippen molar-refractivity contribution in [2.75, 3.05) is 18.8 Å². The minimum atomic E-state index is -0.655. The van der Waals surface area contributed by atoms with E-state index in [1.165, 1.54) is 16.8 Å². The first-order valence-corrected chi connectivity index (χ1v) is 12.2. The van der Waals surface area contributed by atoms with Gasteiger partial charge in [0.05, 0.1) is 11.4 Å². The summed E-state index contributed by atoms with van der Waals surface area (Å²) in [5.41, 5.74) is 10.3. The number of piperidine rings is 1. The zero-order chi connectivity index (χ0) is 22.8. The number of fused-ring (bicyclic) bond motifs is 1. The van der Waals surface area contributed by atoms with Crippen LogP contribution in [0.3, 0.4) is 0 Å². The van der Waals surface area contributed by atoms with Crippen LogP contribution in [0.25, 0.3) is 22.3 Å². The number of benzene rings is 1. The molecular formula is C25H28N6OS. The van der Waals surface area contributed by atoms with E-state index in [1.54, 1.807) is 17.4 Å².